The van der Waals surface area contributed by atoms with E-state index in [1.165, 1.54) is 6.07 Å². The van der Waals surface area contributed by atoms with Crippen LogP contribution in [0.3, 0.4) is 0 Å². The minimum atomic E-state index is -4.39. The van der Waals surface area contributed by atoms with Gasteiger partial charge in [-0.25, -0.2) is 0 Å². The van der Waals surface area contributed by atoms with E-state index in [0.717, 1.165) is 12.1 Å². The first-order valence-electron chi connectivity index (χ1n) is 6.29. The predicted molar refractivity (Wildman–Crippen MR) is 72.6 cm³/mol. The van der Waals surface area contributed by atoms with Crippen molar-refractivity contribution in [2.75, 3.05) is 11.9 Å². The summed E-state index contributed by atoms with van der Waals surface area (Å²) in [5.74, 6) is 0.451. The third kappa shape index (κ3) is 3.91. The van der Waals surface area contributed by atoms with Gasteiger partial charge in [0.15, 0.2) is 0 Å². The third-order valence-corrected chi connectivity index (χ3v) is 2.82. The first kappa shape index (κ1) is 15.2. The van der Waals surface area contributed by atoms with Crippen LogP contribution in [0, 0.1) is 0 Å². The number of halogens is 3. The fourth-order valence-corrected chi connectivity index (χ4v) is 1.72. The topological polar surface area (TPSA) is 58.0 Å². The van der Waals surface area contributed by atoms with Gasteiger partial charge in [0.05, 0.1) is 17.9 Å². The van der Waals surface area contributed by atoms with Gasteiger partial charge in [-0.3, -0.25) is 0 Å². The van der Waals surface area contributed by atoms with Crippen LogP contribution in [0.2, 0.25) is 0 Å². The molecule has 0 aliphatic rings. The highest BCUT2D eigenvalue weighted by Gasteiger charge is 2.30. The summed E-state index contributed by atoms with van der Waals surface area (Å²) in [7, 11) is 0. The molecular weight excluding hydrogens is 283 g/mol. The molecule has 0 bridgehead atoms. The van der Waals surface area contributed by atoms with E-state index in [-0.39, 0.29) is 12.6 Å². The Morgan fingerprint density at radius 1 is 1.19 bits per heavy atom. The minimum Gasteiger partial charge on any atom is -0.394 e. The summed E-state index contributed by atoms with van der Waals surface area (Å²) in [6, 6.07) is 7.92. The highest BCUT2D eigenvalue weighted by atomic mass is 19.4. The van der Waals surface area contributed by atoms with E-state index < -0.39 is 11.7 Å². The van der Waals surface area contributed by atoms with Crippen LogP contribution in [0.15, 0.2) is 36.4 Å². The number of hydrogen-bond donors (Lipinski definition) is 2. The molecule has 1 aromatic heterocycles. The van der Waals surface area contributed by atoms with Gasteiger partial charge in [0.1, 0.15) is 5.82 Å². The number of aliphatic hydroxyl groups is 1. The molecule has 0 amide bonds. The lowest BCUT2D eigenvalue weighted by molar-refractivity contribution is -0.137. The van der Waals surface area contributed by atoms with Crippen LogP contribution in [-0.2, 0) is 6.18 Å². The molecule has 1 unspecified atom stereocenters. The van der Waals surface area contributed by atoms with Crippen molar-refractivity contribution in [3.63, 3.8) is 0 Å². The quantitative estimate of drug-likeness (QED) is 0.911. The number of benzene rings is 1. The Balaban J connectivity index is 2.23. The number of nitrogens with one attached hydrogen (secondary N) is 1. The highest BCUT2D eigenvalue weighted by molar-refractivity contribution is 5.60. The zero-order chi connectivity index (χ0) is 15.5. The molecule has 0 radical (unpaired) electrons. The van der Waals surface area contributed by atoms with E-state index in [4.69, 9.17) is 5.11 Å². The molecule has 112 valence electrons. The molecule has 2 aromatic rings. The molecule has 4 nitrogen and oxygen atoms in total. The van der Waals surface area contributed by atoms with Gasteiger partial charge in [0, 0.05) is 11.6 Å². The molecule has 1 atom stereocenters. The smallest absolute Gasteiger partial charge is 0.394 e. The summed E-state index contributed by atoms with van der Waals surface area (Å²) in [5.41, 5.74) is -0.0275. The molecule has 2 rings (SSSR count). The highest BCUT2D eigenvalue weighted by Crippen LogP contribution is 2.31. The Hall–Kier alpha value is -2.15. The molecule has 0 saturated carbocycles. The Labute approximate surface area is 119 Å². The van der Waals surface area contributed by atoms with Crippen molar-refractivity contribution in [3.05, 3.63) is 42.0 Å². The number of nitrogens with zero attached hydrogens (tertiary/aromatic N) is 2. The van der Waals surface area contributed by atoms with Crippen LogP contribution >= 0.6 is 0 Å². The Bertz CT molecular complexity index is 599. The molecule has 0 saturated heterocycles. The maximum Gasteiger partial charge on any atom is 0.416 e. The second-order valence-electron chi connectivity index (χ2n) is 4.61. The van der Waals surface area contributed by atoms with Gasteiger partial charge in [-0.1, -0.05) is 12.1 Å². The Morgan fingerprint density at radius 2 is 1.95 bits per heavy atom. The van der Waals surface area contributed by atoms with Crippen LogP contribution in [0.25, 0.3) is 11.3 Å². The first-order valence-corrected chi connectivity index (χ1v) is 6.29. The molecule has 21 heavy (non-hydrogen) atoms. The maximum atomic E-state index is 12.7. The van der Waals surface area contributed by atoms with Crippen LogP contribution < -0.4 is 5.32 Å². The average Bonchev–Trinajstić information content (AvgIpc) is 2.47. The SMILES string of the molecule is CC(CO)Nc1ccc(-c2cccc(C(F)(F)F)c2)nn1. The Morgan fingerprint density at radius 3 is 2.52 bits per heavy atom. The summed E-state index contributed by atoms with van der Waals surface area (Å²) in [6.45, 7) is 1.71. The maximum absolute atomic E-state index is 12.7. The van der Waals surface area contributed by atoms with Crippen molar-refractivity contribution < 1.29 is 18.3 Å². The number of rotatable bonds is 4. The third-order valence-electron chi connectivity index (χ3n) is 2.82. The van der Waals surface area contributed by atoms with Crippen LogP contribution in [-0.4, -0.2) is 28.0 Å². The molecule has 2 N–H and O–H groups in total. The summed E-state index contributed by atoms with van der Waals surface area (Å²) in [6.07, 6.45) is -4.39. The van der Waals surface area contributed by atoms with Crippen molar-refractivity contribution in [2.24, 2.45) is 0 Å². The lowest BCUT2D eigenvalue weighted by Crippen LogP contribution is -2.20. The van der Waals surface area contributed by atoms with Crippen LogP contribution in [0.5, 0.6) is 0 Å². The van der Waals surface area contributed by atoms with Crippen molar-refractivity contribution in [1.82, 2.24) is 10.2 Å². The second-order valence-corrected chi connectivity index (χ2v) is 4.61. The van der Waals surface area contributed by atoms with Crippen molar-refractivity contribution in [1.29, 1.82) is 0 Å². The van der Waals surface area contributed by atoms with E-state index in [0.29, 0.717) is 17.1 Å². The monoisotopic (exact) mass is 297 g/mol. The van der Waals surface area contributed by atoms with Crippen molar-refractivity contribution in [3.8, 4) is 11.3 Å². The van der Waals surface area contributed by atoms with E-state index >= 15 is 0 Å². The minimum absolute atomic E-state index is 0.0585. The van der Waals surface area contributed by atoms with Gasteiger partial charge in [-0.15, -0.1) is 10.2 Å². The molecule has 0 spiro atoms. The van der Waals surface area contributed by atoms with Gasteiger partial charge in [0.2, 0.25) is 0 Å². The van der Waals surface area contributed by atoms with E-state index in [1.807, 2.05) is 0 Å². The number of aliphatic hydroxyl groups excluding tert-OH is 1. The lowest BCUT2D eigenvalue weighted by atomic mass is 10.1. The van der Waals surface area contributed by atoms with Gasteiger partial charge in [-0.05, 0) is 31.2 Å². The molecule has 0 fully saturated rings. The van der Waals surface area contributed by atoms with Gasteiger partial charge < -0.3 is 10.4 Å². The van der Waals surface area contributed by atoms with Crippen molar-refractivity contribution in [2.45, 2.75) is 19.1 Å². The molecule has 1 heterocycles. The Kier molecular flexibility index (Phi) is 4.42. The molecule has 1 aromatic carbocycles. The standard InChI is InChI=1S/C14H14F3N3O/c1-9(8-21)18-13-6-5-12(19-20-13)10-3-2-4-11(7-10)14(15,16)17/h2-7,9,21H,8H2,1H3,(H,18,20). The summed E-state index contributed by atoms with van der Waals surface area (Å²) >= 11 is 0. The zero-order valence-corrected chi connectivity index (χ0v) is 11.2. The molecular formula is C14H14F3N3O. The first-order chi connectivity index (χ1) is 9.90. The van der Waals surface area contributed by atoms with Gasteiger partial charge >= 0.3 is 6.18 Å². The van der Waals surface area contributed by atoms with Crippen LogP contribution in [0.1, 0.15) is 12.5 Å². The van der Waals surface area contributed by atoms with E-state index in [9.17, 15) is 13.2 Å². The molecule has 7 heteroatoms. The number of alkyl halides is 3. The fourth-order valence-electron chi connectivity index (χ4n) is 1.72. The number of aromatic nitrogens is 2. The molecule has 0 aliphatic carbocycles. The normalized spacial score (nSPS) is 13.0. The van der Waals surface area contributed by atoms with Gasteiger partial charge in [-0.2, -0.15) is 13.2 Å². The van der Waals surface area contributed by atoms with E-state index in [2.05, 4.69) is 15.5 Å². The number of hydrogen-bond acceptors (Lipinski definition) is 4. The summed E-state index contributed by atoms with van der Waals surface area (Å²) in [4.78, 5) is 0. The van der Waals surface area contributed by atoms with Crippen LogP contribution in [0.4, 0.5) is 19.0 Å². The second kappa shape index (κ2) is 6.09. The zero-order valence-electron chi connectivity index (χ0n) is 11.2. The van der Waals surface area contributed by atoms with Gasteiger partial charge in [0.25, 0.3) is 0 Å². The largest absolute Gasteiger partial charge is 0.416 e. The lowest BCUT2D eigenvalue weighted by Gasteiger charge is -2.11. The number of anilines is 1. The summed E-state index contributed by atoms with van der Waals surface area (Å²) in [5, 5.41) is 19.6. The van der Waals surface area contributed by atoms with E-state index in [1.54, 1.807) is 25.1 Å². The molecule has 0 aliphatic heterocycles. The predicted octanol–water partition coefficient (Wildman–Crippen LogP) is 2.96. The fraction of sp³-hybridized carbons (Fsp3) is 0.286. The average molecular weight is 297 g/mol. The summed E-state index contributed by atoms with van der Waals surface area (Å²) < 4.78 is 38.0. The van der Waals surface area contributed by atoms with Crippen molar-refractivity contribution >= 4 is 5.82 Å².